The number of rotatable bonds is 1. The fourth-order valence-corrected chi connectivity index (χ4v) is 3.85. The third kappa shape index (κ3) is 1.96. The van der Waals surface area contributed by atoms with Gasteiger partial charge in [0.1, 0.15) is 0 Å². The van der Waals surface area contributed by atoms with Crippen molar-refractivity contribution in [1.29, 1.82) is 0 Å². The van der Waals surface area contributed by atoms with Crippen LogP contribution in [0.1, 0.15) is 29.2 Å². The lowest BCUT2D eigenvalue weighted by atomic mass is 9.82. The minimum Gasteiger partial charge on any atom is -0.280 e. The molecule has 2 aromatic carbocycles. The molecule has 0 amide bonds. The molecule has 0 saturated carbocycles. The summed E-state index contributed by atoms with van der Waals surface area (Å²) in [6.45, 7) is 0. The molecule has 1 aliphatic carbocycles. The first kappa shape index (κ1) is 12.8. The summed E-state index contributed by atoms with van der Waals surface area (Å²) in [5, 5.41) is 0. The van der Waals surface area contributed by atoms with Crippen molar-refractivity contribution in [1.82, 2.24) is 14.4 Å². The molecule has 112 valence electrons. The number of aryl methyl sites for hydroxylation is 1. The van der Waals surface area contributed by atoms with Gasteiger partial charge in [-0.15, -0.1) is 0 Å². The molecule has 2 aromatic heterocycles. The van der Waals surface area contributed by atoms with E-state index in [2.05, 4.69) is 62.9 Å². The zero-order chi connectivity index (χ0) is 15.2. The second-order valence-electron chi connectivity index (χ2n) is 6.32. The Bertz CT molecular complexity index is 1000. The number of hydrogen-bond acceptors (Lipinski definition) is 2. The Morgan fingerprint density at radius 2 is 1.78 bits per heavy atom. The van der Waals surface area contributed by atoms with E-state index in [1.165, 1.54) is 28.8 Å². The van der Waals surface area contributed by atoms with Crippen molar-refractivity contribution in [2.24, 2.45) is 0 Å². The molecule has 4 aromatic rings. The number of aromatic nitrogens is 3. The fourth-order valence-electron chi connectivity index (χ4n) is 3.85. The average Bonchev–Trinajstić information content (AvgIpc) is 3.01. The Labute approximate surface area is 134 Å². The number of hydrogen-bond donors (Lipinski definition) is 0. The molecule has 1 unspecified atom stereocenters. The van der Waals surface area contributed by atoms with Crippen LogP contribution in [-0.4, -0.2) is 14.4 Å². The maximum atomic E-state index is 4.65. The van der Waals surface area contributed by atoms with E-state index in [0.29, 0.717) is 5.92 Å². The molecule has 5 rings (SSSR count). The summed E-state index contributed by atoms with van der Waals surface area (Å²) in [5.74, 6) is 1.42. The summed E-state index contributed by atoms with van der Waals surface area (Å²) in [5.41, 5.74) is 6.38. The first-order chi connectivity index (χ1) is 11.4. The van der Waals surface area contributed by atoms with Crippen LogP contribution < -0.4 is 0 Å². The normalized spacial score (nSPS) is 17.5. The number of para-hydroxylation sites is 2. The van der Waals surface area contributed by atoms with Crippen LogP contribution in [-0.2, 0) is 12.8 Å². The van der Waals surface area contributed by atoms with E-state index in [9.17, 15) is 0 Å². The Morgan fingerprint density at radius 3 is 2.70 bits per heavy atom. The minimum absolute atomic E-state index is 0.595. The van der Waals surface area contributed by atoms with Crippen molar-refractivity contribution in [2.45, 2.75) is 25.2 Å². The Morgan fingerprint density at radius 1 is 0.957 bits per heavy atom. The highest BCUT2D eigenvalue weighted by molar-refractivity contribution is 5.79. The molecule has 0 bridgehead atoms. The van der Waals surface area contributed by atoms with Crippen LogP contribution in [0, 0.1) is 0 Å². The molecule has 3 heteroatoms. The lowest BCUT2D eigenvalue weighted by Crippen LogP contribution is -2.16. The van der Waals surface area contributed by atoms with Gasteiger partial charge in [0, 0.05) is 11.9 Å². The van der Waals surface area contributed by atoms with Crippen LogP contribution in [0.4, 0.5) is 0 Å². The van der Waals surface area contributed by atoms with Gasteiger partial charge in [-0.2, -0.15) is 0 Å². The van der Waals surface area contributed by atoms with Crippen molar-refractivity contribution < 1.29 is 0 Å². The average molecular weight is 299 g/mol. The Hall–Kier alpha value is -2.68. The van der Waals surface area contributed by atoms with Crippen molar-refractivity contribution in [2.75, 3.05) is 0 Å². The van der Waals surface area contributed by atoms with E-state index in [1.54, 1.807) is 0 Å². The number of fused-ring (bicyclic) bond motifs is 5. The van der Waals surface area contributed by atoms with Gasteiger partial charge in [-0.25, -0.2) is 9.97 Å². The summed E-state index contributed by atoms with van der Waals surface area (Å²) < 4.78 is 2.26. The lowest BCUT2D eigenvalue weighted by Gasteiger charge is -2.25. The molecule has 1 atom stereocenters. The highest BCUT2D eigenvalue weighted by Crippen LogP contribution is 2.33. The maximum absolute atomic E-state index is 4.65. The van der Waals surface area contributed by atoms with E-state index in [4.69, 9.17) is 0 Å². The summed E-state index contributed by atoms with van der Waals surface area (Å²) >= 11 is 0. The van der Waals surface area contributed by atoms with E-state index >= 15 is 0 Å². The molecular formula is C20H17N3. The summed E-state index contributed by atoms with van der Waals surface area (Å²) in [6, 6.07) is 19.2. The van der Waals surface area contributed by atoms with Crippen LogP contribution in [0.5, 0.6) is 0 Å². The largest absolute Gasteiger partial charge is 0.280 e. The van der Waals surface area contributed by atoms with Gasteiger partial charge in [0.15, 0.2) is 0 Å². The van der Waals surface area contributed by atoms with Gasteiger partial charge in [0.2, 0.25) is 5.78 Å². The van der Waals surface area contributed by atoms with E-state index in [-0.39, 0.29) is 0 Å². The molecule has 3 nitrogen and oxygen atoms in total. The van der Waals surface area contributed by atoms with Crippen LogP contribution in [0.25, 0.3) is 16.8 Å². The Balaban J connectivity index is 1.66. The smallest absolute Gasteiger partial charge is 0.235 e. The predicted molar refractivity (Wildman–Crippen MR) is 91.7 cm³/mol. The monoisotopic (exact) mass is 299 g/mol. The van der Waals surface area contributed by atoms with Gasteiger partial charge >= 0.3 is 0 Å². The molecule has 1 aliphatic rings. The van der Waals surface area contributed by atoms with E-state index in [0.717, 1.165) is 24.1 Å². The zero-order valence-corrected chi connectivity index (χ0v) is 12.8. The quantitative estimate of drug-likeness (QED) is 0.528. The molecule has 23 heavy (non-hydrogen) atoms. The van der Waals surface area contributed by atoms with Gasteiger partial charge in [0.05, 0.1) is 11.0 Å². The second kappa shape index (κ2) is 4.92. The SMILES string of the molecule is c1ccc(C2CCc3c(cnc4nc5ccccc5n34)C2)cc1. The zero-order valence-electron chi connectivity index (χ0n) is 12.8. The summed E-state index contributed by atoms with van der Waals surface area (Å²) in [7, 11) is 0. The van der Waals surface area contributed by atoms with Crippen molar-refractivity contribution in [3.05, 3.63) is 77.6 Å². The topological polar surface area (TPSA) is 30.2 Å². The number of benzene rings is 2. The molecular weight excluding hydrogens is 282 g/mol. The lowest BCUT2D eigenvalue weighted by molar-refractivity contribution is 0.569. The molecule has 0 saturated heterocycles. The van der Waals surface area contributed by atoms with Crippen LogP contribution in [0.3, 0.4) is 0 Å². The summed E-state index contributed by atoms with van der Waals surface area (Å²) in [4.78, 5) is 9.26. The molecule has 2 heterocycles. The third-order valence-electron chi connectivity index (χ3n) is 4.99. The van der Waals surface area contributed by atoms with E-state index < -0.39 is 0 Å². The number of nitrogens with zero attached hydrogens (tertiary/aromatic N) is 3. The fraction of sp³-hybridized carbons (Fsp3) is 0.200. The first-order valence-corrected chi connectivity index (χ1v) is 8.19. The highest BCUT2D eigenvalue weighted by Gasteiger charge is 2.23. The van der Waals surface area contributed by atoms with Crippen LogP contribution in [0.15, 0.2) is 60.8 Å². The molecule has 0 N–H and O–H groups in total. The minimum atomic E-state index is 0.595. The van der Waals surface area contributed by atoms with Gasteiger partial charge in [-0.1, -0.05) is 42.5 Å². The third-order valence-corrected chi connectivity index (χ3v) is 4.99. The van der Waals surface area contributed by atoms with Gasteiger partial charge < -0.3 is 0 Å². The van der Waals surface area contributed by atoms with Crippen molar-refractivity contribution in [3.63, 3.8) is 0 Å². The highest BCUT2D eigenvalue weighted by atomic mass is 15.1. The maximum Gasteiger partial charge on any atom is 0.235 e. The number of imidazole rings is 1. The van der Waals surface area contributed by atoms with Crippen molar-refractivity contribution in [3.8, 4) is 0 Å². The summed E-state index contributed by atoms with van der Waals surface area (Å²) in [6.07, 6.45) is 5.36. The molecule has 0 spiro atoms. The van der Waals surface area contributed by atoms with Gasteiger partial charge in [-0.3, -0.25) is 4.40 Å². The molecule has 0 aliphatic heterocycles. The standard InChI is InChI=1S/C20H17N3/c1-2-6-14(7-3-1)15-10-11-18-16(12-15)13-21-20-22-17-8-4-5-9-19(17)23(18)20/h1-9,13,15H,10-12H2. The van der Waals surface area contributed by atoms with Gasteiger partial charge in [-0.05, 0) is 48.4 Å². The molecule has 0 radical (unpaired) electrons. The van der Waals surface area contributed by atoms with Crippen LogP contribution in [0.2, 0.25) is 0 Å². The Kier molecular flexibility index (Phi) is 2.74. The predicted octanol–water partition coefficient (Wildman–Crippen LogP) is 4.16. The molecule has 0 fully saturated rings. The van der Waals surface area contributed by atoms with E-state index in [1.807, 2.05) is 12.3 Å². The van der Waals surface area contributed by atoms with Gasteiger partial charge in [0.25, 0.3) is 0 Å². The first-order valence-electron chi connectivity index (χ1n) is 8.19. The van der Waals surface area contributed by atoms with Crippen LogP contribution >= 0.6 is 0 Å². The van der Waals surface area contributed by atoms with Crippen molar-refractivity contribution >= 4 is 16.8 Å². The second-order valence-corrected chi connectivity index (χ2v) is 6.32.